The van der Waals surface area contributed by atoms with Crippen LogP contribution in [-0.2, 0) is 9.62 Å². The van der Waals surface area contributed by atoms with Gasteiger partial charge in [-0.15, -0.1) is 0 Å². The molecule has 0 heterocycles. The smallest absolute Gasteiger partial charge is 0.429 e. The molecule has 0 saturated carbocycles. The fraction of sp³-hybridized carbons (Fsp3) is 0.909. The first-order valence-electron chi connectivity index (χ1n) is 5.66. The SMILES string of the molecule is CCCCC(CC)CC(C)OC(=O)OO. The van der Waals surface area contributed by atoms with Crippen molar-refractivity contribution in [2.24, 2.45) is 5.92 Å². The third-order valence-corrected chi connectivity index (χ3v) is 2.58. The number of hydrogen-bond acceptors (Lipinski definition) is 4. The van der Waals surface area contributed by atoms with Gasteiger partial charge in [-0.05, 0) is 19.3 Å². The molecule has 0 aliphatic carbocycles. The number of carbonyl (C=O) groups is 1. The van der Waals surface area contributed by atoms with Crippen LogP contribution in [0.1, 0.15) is 52.9 Å². The maximum atomic E-state index is 10.6. The standard InChI is InChI=1S/C11H22O4/c1-4-6-7-10(5-2)8-9(3)14-11(12)15-13/h9-10,13H,4-8H2,1-3H3. The largest absolute Gasteiger partial charge is 0.540 e. The lowest BCUT2D eigenvalue weighted by atomic mass is 9.93. The van der Waals surface area contributed by atoms with Crippen LogP contribution in [0.4, 0.5) is 4.79 Å². The summed E-state index contributed by atoms with van der Waals surface area (Å²) in [5, 5.41) is 8.04. The van der Waals surface area contributed by atoms with Crippen molar-refractivity contribution in [1.29, 1.82) is 0 Å². The Bertz CT molecular complexity index is 170. The Hall–Kier alpha value is -0.770. The van der Waals surface area contributed by atoms with E-state index in [9.17, 15) is 4.79 Å². The van der Waals surface area contributed by atoms with Crippen molar-refractivity contribution < 1.29 is 19.7 Å². The average Bonchev–Trinajstić information content (AvgIpc) is 2.23. The van der Waals surface area contributed by atoms with Gasteiger partial charge in [0, 0.05) is 0 Å². The van der Waals surface area contributed by atoms with Crippen LogP contribution >= 0.6 is 0 Å². The van der Waals surface area contributed by atoms with Crippen LogP contribution < -0.4 is 0 Å². The lowest BCUT2D eigenvalue weighted by molar-refractivity contribution is -0.205. The van der Waals surface area contributed by atoms with Crippen LogP contribution in [0, 0.1) is 5.92 Å². The first kappa shape index (κ1) is 14.2. The summed E-state index contributed by atoms with van der Waals surface area (Å²) in [6, 6.07) is 0. The van der Waals surface area contributed by atoms with Gasteiger partial charge in [-0.2, -0.15) is 5.26 Å². The monoisotopic (exact) mass is 218 g/mol. The number of carbonyl (C=O) groups excluding carboxylic acids is 1. The van der Waals surface area contributed by atoms with Gasteiger partial charge in [0.2, 0.25) is 0 Å². The third-order valence-electron chi connectivity index (χ3n) is 2.58. The van der Waals surface area contributed by atoms with Gasteiger partial charge >= 0.3 is 6.16 Å². The quantitative estimate of drug-likeness (QED) is 0.403. The van der Waals surface area contributed by atoms with Crippen LogP contribution in [0.5, 0.6) is 0 Å². The summed E-state index contributed by atoms with van der Waals surface area (Å²) in [6.45, 7) is 6.11. The molecular formula is C11H22O4. The lowest BCUT2D eigenvalue weighted by Crippen LogP contribution is -2.18. The van der Waals surface area contributed by atoms with E-state index in [1.54, 1.807) is 0 Å². The Balaban J connectivity index is 3.79. The highest BCUT2D eigenvalue weighted by Gasteiger charge is 2.15. The molecule has 90 valence electrons. The molecule has 0 amide bonds. The van der Waals surface area contributed by atoms with Crippen LogP contribution in [0.3, 0.4) is 0 Å². The molecule has 0 aromatic heterocycles. The third kappa shape index (κ3) is 7.19. The summed E-state index contributed by atoms with van der Waals surface area (Å²) < 4.78 is 4.80. The second-order valence-corrected chi connectivity index (χ2v) is 3.92. The minimum atomic E-state index is -1.02. The average molecular weight is 218 g/mol. The molecule has 15 heavy (non-hydrogen) atoms. The normalized spacial score (nSPS) is 14.4. The summed E-state index contributed by atoms with van der Waals surface area (Å²) in [6.07, 6.45) is 4.24. The molecule has 0 fully saturated rings. The van der Waals surface area contributed by atoms with E-state index in [1.807, 2.05) is 6.92 Å². The highest BCUT2D eigenvalue weighted by molar-refractivity contribution is 5.59. The van der Waals surface area contributed by atoms with Gasteiger partial charge < -0.3 is 4.74 Å². The van der Waals surface area contributed by atoms with Gasteiger partial charge in [-0.25, -0.2) is 4.79 Å². The molecule has 1 N–H and O–H groups in total. The second-order valence-electron chi connectivity index (χ2n) is 3.92. The molecule has 0 aliphatic rings. The molecule has 0 aliphatic heterocycles. The fourth-order valence-electron chi connectivity index (χ4n) is 1.68. The van der Waals surface area contributed by atoms with Crippen LogP contribution in [0.2, 0.25) is 0 Å². The van der Waals surface area contributed by atoms with E-state index in [0.29, 0.717) is 5.92 Å². The molecule has 0 radical (unpaired) electrons. The predicted octanol–water partition coefficient (Wildman–Crippen LogP) is 3.61. The molecule has 4 nitrogen and oxygen atoms in total. The van der Waals surface area contributed by atoms with Gasteiger partial charge in [0.15, 0.2) is 0 Å². The summed E-state index contributed by atoms with van der Waals surface area (Å²) >= 11 is 0. The number of hydrogen-bond donors (Lipinski definition) is 1. The summed E-state index contributed by atoms with van der Waals surface area (Å²) in [5.41, 5.74) is 0. The first-order valence-corrected chi connectivity index (χ1v) is 5.66. The minimum Gasteiger partial charge on any atom is -0.429 e. The van der Waals surface area contributed by atoms with E-state index in [0.717, 1.165) is 19.3 Å². The summed E-state index contributed by atoms with van der Waals surface area (Å²) in [5.74, 6) is 0.575. The van der Waals surface area contributed by atoms with Crippen molar-refractivity contribution in [2.45, 2.75) is 59.0 Å². The van der Waals surface area contributed by atoms with E-state index in [2.05, 4.69) is 18.7 Å². The van der Waals surface area contributed by atoms with Gasteiger partial charge in [0.25, 0.3) is 0 Å². The Morgan fingerprint density at radius 2 is 2.07 bits per heavy atom. The predicted molar refractivity (Wildman–Crippen MR) is 57.6 cm³/mol. The lowest BCUT2D eigenvalue weighted by Gasteiger charge is -2.18. The van der Waals surface area contributed by atoms with Crippen LogP contribution in [0.15, 0.2) is 0 Å². The Morgan fingerprint density at radius 1 is 1.40 bits per heavy atom. The molecule has 0 bridgehead atoms. The van der Waals surface area contributed by atoms with Crippen molar-refractivity contribution in [2.75, 3.05) is 0 Å². The zero-order valence-corrected chi connectivity index (χ0v) is 9.86. The van der Waals surface area contributed by atoms with Gasteiger partial charge in [0.1, 0.15) is 6.10 Å². The molecule has 2 atom stereocenters. The molecule has 2 unspecified atom stereocenters. The van der Waals surface area contributed by atoms with Crippen molar-refractivity contribution in [3.05, 3.63) is 0 Å². The van der Waals surface area contributed by atoms with E-state index < -0.39 is 6.16 Å². The topological polar surface area (TPSA) is 55.8 Å². The molecule has 4 heteroatoms. The summed E-state index contributed by atoms with van der Waals surface area (Å²) in [4.78, 5) is 14.1. The van der Waals surface area contributed by atoms with Crippen molar-refractivity contribution >= 4 is 6.16 Å². The highest BCUT2D eigenvalue weighted by atomic mass is 17.1. The van der Waals surface area contributed by atoms with Crippen molar-refractivity contribution in [3.8, 4) is 0 Å². The van der Waals surface area contributed by atoms with Crippen LogP contribution in [-0.4, -0.2) is 17.5 Å². The van der Waals surface area contributed by atoms with E-state index in [1.165, 1.54) is 12.8 Å². The van der Waals surface area contributed by atoms with Crippen molar-refractivity contribution in [3.63, 3.8) is 0 Å². The van der Waals surface area contributed by atoms with E-state index in [4.69, 9.17) is 9.99 Å². The Kier molecular flexibility index (Phi) is 8.09. The minimum absolute atomic E-state index is 0.202. The molecule has 0 rings (SSSR count). The highest BCUT2D eigenvalue weighted by Crippen LogP contribution is 2.19. The zero-order chi connectivity index (χ0) is 11.7. The maximum Gasteiger partial charge on any atom is 0.540 e. The van der Waals surface area contributed by atoms with Crippen LogP contribution in [0.25, 0.3) is 0 Å². The van der Waals surface area contributed by atoms with Gasteiger partial charge in [-0.1, -0.05) is 39.5 Å². The second kappa shape index (κ2) is 8.53. The maximum absolute atomic E-state index is 10.6. The molecule has 0 aromatic rings. The number of rotatable bonds is 7. The number of unbranched alkanes of at least 4 members (excludes halogenated alkanes) is 1. The van der Waals surface area contributed by atoms with E-state index >= 15 is 0 Å². The van der Waals surface area contributed by atoms with Gasteiger partial charge in [0.05, 0.1) is 0 Å². The van der Waals surface area contributed by atoms with Crippen molar-refractivity contribution in [1.82, 2.24) is 0 Å². The number of ether oxygens (including phenoxy) is 1. The summed E-state index contributed by atoms with van der Waals surface area (Å²) in [7, 11) is 0. The Morgan fingerprint density at radius 3 is 2.53 bits per heavy atom. The first-order chi connectivity index (χ1) is 7.13. The molecule has 0 saturated heterocycles. The van der Waals surface area contributed by atoms with E-state index in [-0.39, 0.29) is 6.10 Å². The molecular weight excluding hydrogens is 196 g/mol. The zero-order valence-electron chi connectivity index (χ0n) is 9.86. The Labute approximate surface area is 91.5 Å². The molecule has 0 aromatic carbocycles. The van der Waals surface area contributed by atoms with Gasteiger partial charge in [-0.3, -0.25) is 4.89 Å². The molecule has 0 spiro atoms. The fourth-order valence-corrected chi connectivity index (χ4v) is 1.68.